The molecule has 0 aliphatic carbocycles. The van der Waals surface area contributed by atoms with E-state index in [-0.39, 0.29) is 0 Å². The van der Waals surface area contributed by atoms with Gasteiger partial charge in [-0.2, -0.15) is 5.10 Å². The minimum absolute atomic E-state index is 0.743. The number of aromatic amines is 1. The lowest BCUT2D eigenvalue weighted by atomic mass is 10.1. The smallest absolute Gasteiger partial charge is 0.0765 e. The number of fused-ring (bicyclic) bond motifs is 3. The maximum absolute atomic E-state index is 5.99. The minimum Gasteiger partial charge on any atom is -0.398 e. The zero-order valence-corrected chi connectivity index (χ0v) is 8.28. The standard InChI is InChI=1S/C11H10N4/c1-6-4-8(12)10-9(14-6)3-2-7-5-13-15-11(7)10/h2-5H,1H3,(H2,12,14)(H,13,15). The number of pyridine rings is 1. The van der Waals surface area contributed by atoms with Crippen molar-refractivity contribution in [3.63, 3.8) is 0 Å². The number of nitrogen functional groups attached to an aromatic ring is 1. The molecular weight excluding hydrogens is 188 g/mol. The lowest BCUT2D eigenvalue weighted by Crippen LogP contribution is -1.92. The van der Waals surface area contributed by atoms with Gasteiger partial charge in [-0.1, -0.05) is 0 Å². The van der Waals surface area contributed by atoms with Crippen LogP contribution in [0.25, 0.3) is 21.8 Å². The number of aryl methyl sites for hydroxylation is 1. The van der Waals surface area contributed by atoms with Crippen LogP contribution < -0.4 is 5.73 Å². The van der Waals surface area contributed by atoms with Gasteiger partial charge in [-0.3, -0.25) is 10.1 Å². The second-order valence-corrected chi connectivity index (χ2v) is 3.65. The topological polar surface area (TPSA) is 67.6 Å². The first kappa shape index (κ1) is 8.23. The summed E-state index contributed by atoms with van der Waals surface area (Å²) in [5.74, 6) is 0. The van der Waals surface area contributed by atoms with Crippen LogP contribution in [0.2, 0.25) is 0 Å². The molecule has 0 radical (unpaired) electrons. The first-order valence-electron chi connectivity index (χ1n) is 4.74. The highest BCUT2D eigenvalue weighted by Gasteiger charge is 2.06. The maximum Gasteiger partial charge on any atom is 0.0765 e. The molecule has 4 heteroatoms. The van der Waals surface area contributed by atoms with Crippen LogP contribution in [0.5, 0.6) is 0 Å². The fourth-order valence-electron chi connectivity index (χ4n) is 1.91. The summed E-state index contributed by atoms with van der Waals surface area (Å²) in [5.41, 5.74) is 9.53. The number of benzene rings is 1. The van der Waals surface area contributed by atoms with Crippen LogP contribution >= 0.6 is 0 Å². The minimum atomic E-state index is 0.743. The average molecular weight is 198 g/mol. The molecule has 0 bridgehead atoms. The summed E-state index contributed by atoms with van der Waals surface area (Å²) in [7, 11) is 0. The first-order valence-corrected chi connectivity index (χ1v) is 4.74. The molecule has 3 rings (SSSR count). The second-order valence-electron chi connectivity index (χ2n) is 3.65. The third kappa shape index (κ3) is 1.08. The SMILES string of the molecule is Cc1cc(N)c2c(ccc3cn[nH]c32)n1. The van der Waals surface area contributed by atoms with Gasteiger partial charge in [0.15, 0.2) is 0 Å². The lowest BCUT2D eigenvalue weighted by molar-refractivity contribution is 1.12. The van der Waals surface area contributed by atoms with Crippen molar-refractivity contribution < 1.29 is 0 Å². The van der Waals surface area contributed by atoms with E-state index in [9.17, 15) is 0 Å². The zero-order valence-electron chi connectivity index (χ0n) is 8.28. The van der Waals surface area contributed by atoms with Crippen molar-refractivity contribution >= 4 is 27.5 Å². The zero-order chi connectivity index (χ0) is 10.4. The van der Waals surface area contributed by atoms with Gasteiger partial charge >= 0.3 is 0 Å². The molecule has 2 aromatic heterocycles. The summed E-state index contributed by atoms with van der Waals surface area (Å²) in [4.78, 5) is 4.44. The molecule has 3 aromatic rings. The van der Waals surface area contributed by atoms with E-state index in [0.717, 1.165) is 33.2 Å². The Kier molecular flexibility index (Phi) is 1.48. The fourth-order valence-corrected chi connectivity index (χ4v) is 1.91. The number of nitrogens with one attached hydrogen (secondary N) is 1. The number of anilines is 1. The molecule has 0 fully saturated rings. The van der Waals surface area contributed by atoms with E-state index < -0.39 is 0 Å². The Morgan fingerprint density at radius 1 is 1.33 bits per heavy atom. The quantitative estimate of drug-likeness (QED) is 0.580. The van der Waals surface area contributed by atoms with Crippen LogP contribution in [0.3, 0.4) is 0 Å². The van der Waals surface area contributed by atoms with Crippen LogP contribution in [0.4, 0.5) is 5.69 Å². The number of hydrogen-bond acceptors (Lipinski definition) is 3. The molecule has 0 amide bonds. The summed E-state index contributed by atoms with van der Waals surface area (Å²) in [6.45, 7) is 1.94. The number of rotatable bonds is 0. The molecule has 0 saturated carbocycles. The molecule has 3 N–H and O–H groups in total. The van der Waals surface area contributed by atoms with Crippen molar-refractivity contribution in [1.82, 2.24) is 15.2 Å². The van der Waals surface area contributed by atoms with Crippen LogP contribution in [-0.2, 0) is 0 Å². The highest BCUT2D eigenvalue weighted by molar-refractivity contribution is 6.09. The van der Waals surface area contributed by atoms with Gasteiger partial charge < -0.3 is 5.73 Å². The van der Waals surface area contributed by atoms with E-state index in [1.54, 1.807) is 6.20 Å². The number of aromatic nitrogens is 3. The summed E-state index contributed by atoms with van der Waals surface area (Å²) in [5, 5.41) is 8.97. The van der Waals surface area contributed by atoms with Crippen molar-refractivity contribution in [2.45, 2.75) is 6.92 Å². The monoisotopic (exact) mass is 198 g/mol. The molecule has 4 nitrogen and oxygen atoms in total. The van der Waals surface area contributed by atoms with E-state index in [1.165, 1.54) is 0 Å². The Bertz CT molecular complexity index is 654. The number of hydrogen-bond donors (Lipinski definition) is 2. The molecule has 0 atom stereocenters. The second kappa shape index (κ2) is 2.70. The van der Waals surface area contributed by atoms with Gasteiger partial charge in [0.25, 0.3) is 0 Å². The Hall–Kier alpha value is -2.10. The van der Waals surface area contributed by atoms with Crippen LogP contribution in [-0.4, -0.2) is 15.2 Å². The van der Waals surface area contributed by atoms with E-state index in [4.69, 9.17) is 5.73 Å². The van der Waals surface area contributed by atoms with E-state index in [0.29, 0.717) is 0 Å². The molecule has 0 aliphatic heterocycles. The largest absolute Gasteiger partial charge is 0.398 e. The van der Waals surface area contributed by atoms with E-state index in [2.05, 4.69) is 15.2 Å². The molecule has 0 spiro atoms. The van der Waals surface area contributed by atoms with Gasteiger partial charge in [0, 0.05) is 22.2 Å². The predicted molar refractivity (Wildman–Crippen MR) is 60.5 cm³/mol. The van der Waals surface area contributed by atoms with Gasteiger partial charge in [-0.25, -0.2) is 0 Å². The van der Waals surface area contributed by atoms with Gasteiger partial charge in [-0.05, 0) is 25.1 Å². The first-order chi connectivity index (χ1) is 7.25. The van der Waals surface area contributed by atoms with Crippen molar-refractivity contribution in [1.29, 1.82) is 0 Å². The van der Waals surface area contributed by atoms with Gasteiger partial charge in [0.05, 0.1) is 17.2 Å². The van der Waals surface area contributed by atoms with Crippen molar-refractivity contribution in [3.05, 3.63) is 30.1 Å². The Morgan fingerprint density at radius 2 is 2.20 bits per heavy atom. The molecule has 15 heavy (non-hydrogen) atoms. The van der Waals surface area contributed by atoms with Crippen molar-refractivity contribution in [2.75, 3.05) is 5.73 Å². The Morgan fingerprint density at radius 3 is 3.07 bits per heavy atom. The molecule has 74 valence electrons. The molecule has 0 unspecified atom stereocenters. The highest BCUT2D eigenvalue weighted by atomic mass is 15.1. The third-order valence-corrected chi connectivity index (χ3v) is 2.55. The van der Waals surface area contributed by atoms with Crippen LogP contribution in [0.15, 0.2) is 24.4 Å². The number of nitrogens with zero attached hydrogens (tertiary/aromatic N) is 2. The molecule has 2 heterocycles. The highest BCUT2D eigenvalue weighted by Crippen LogP contribution is 2.27. The molecule has 0 saturated heterocycles. The van der Waals surface area contributed by atoms with Gasteiger partial charge in [0.1, 0.15) is 0 Å². The summed E-state index contributed by atoms with van der Waals surface area (Å²) in [6, 6.07) is 5.84. The normalized spacial score (nSPS) is 11.3. The van der Waals surface area contributed by atoms with Crippen molar-refractivity contribution in [3.8, 4) is 0 Å². The third-order valence-electron chi connectivity index (χ3n) is 2.55. The average Bonchev–Trinajstić information content (AvgIpc) is 2.63. The molecule has 0 aliphatic rings. The van der Waals surface area contributed by atoms with Crippen LogP contribution in [0.1, 0.15) is 5.69 Å². The van der Waals surface area contributed by atoms with Gasteiger partial charge in [0.2, 0.25) is 0 Å². The Balaban J connectivity index is 2.62. The fraction of sp³-hybridized carbons (Fsp3) is 0.0909. The summed E-state index contributed by atoms with van der Waals surface area (Å²) >= 11 is 0. The number of nitrogens with two attached hydrogens (primary N) is 1. The van der Waals surface area contributed by atoms with E-state index in [1.807, 2.05) is 25.1 Å². The Labute approximate surface area is 86.1 Å². The summed E-state index contributed by atoms with van der Waals surface area (Å²) < 4.78 is 0. The molecular formula is C11H10N4. The van der Waals surface area contributed by atoms with Gasteiger partial charge in [-0.15, -0.1) is 0 Å². The maximum atomic E-state index is 5.99. The number of H-pyrrole nitrogens is 1. The predicted octanol–water partition coefficient (Wildman–Crippen LogP) is 2.00. The van der Waals surface area contributed by atoms with E-state index >= 15 is 0 Å². The lowest BCUT2D eigenvalue weighted by Gasteiger charge is -2.03. The van der Waals surface area contributed by atoms with Crippen LogP contribution in [0, 0.1) is 6.92 Å². The molecule has 1 aromatic carbocycles. The summed E-state index contributed by atoms with van der Waals surface area (Å²) in [6.07, 6.45) is 1.79. The van der Waals surface area contributed by atoms with Crippen molar-refractivity contribution in [2.24, 2.45) is 0 Å².